The molecule has 40 heavy (non-hydrogen) atoms. The normalized spacial score (nSPS) is 13.1. The van der Waals surface area contributed by atoms with Crippen LogP contribution in [0.25, 0.3) is 0 Å². The van der Waals surface area contributed by atoms with Crippen molar-refractivity contribution in [3.63, 3.8) is 0 Å². The lowest BCUT2D eigenvalue weighted by Gasteiger charge is -2.38. The number of halogens is 1. The Bertz CT molecular complexity index is 1360. The zero-order chi connectivity index (χ0) is 28.6. The van der Waals surface area contributed by atoms with Crippen molar-refractivity contribution in [2.24, 2.45) is 0 Å². The number of rotatable bonds is 10. The number of methoxy groups -OCH3 is 2. The standard InChI is InChI=1S/C30H34ClN3O5S/c1-20-5-6-21(31)17-27(20)34-13-11-33(12-14-34)22-7-10-26(25(18-22)30(36)39-15-4-16-40)32-29(35)24-9-8-23(37-2)19-28(24)38-3/h5-10,17-19,40H,4,11-16H2,1-3H3,(H,32,35). The lowest BCUT2D eigenvalue weighted by molar-refractivity contribution is 0.0507. The number of ether oxygens (including phenoxy) is 3. The van der Waals surface area contributed by atoms with Crippen LogP contribution in [0.2, 0.25) is 5.02 Å². The summed E-state index contributed by atoms with van der Waals surface area (Å²) in [4.78, 5) is 30.9. The molecule has 0 aliphatic carbocycles. The Balaban J connectivity index is 1.55. The number of hydrogen-bond donors (Lipinski definition) is 2. The highest BCUT2D eigenvalue weighted by atomic mass is 35.5. The monoisotopic (exact) mass is 583 g/mol. The maximum absolute atomic E-state index is 13.2. The lowest BCUT2D eigenvalue weighted by atomic mass is 10.1. The Labute approximate surface area is 245 Å². The minimum absolute atomic E-state index is 0.240. The summed E-state index contributed by atoms with van der Waals surface area (Å²) in [6.07, 6.45) is 0.629. The summed E-state index contributed by atoms with van der Waals surface area (Å²) < 4.78 is 16.1. The van der Waals surface area contributed by atoms with E-state index in [1.807, 2.05) is 24.3 Å². The van der Waals surface area contributed by atoms with Gasteiger partial charge in [-0.15, -0.1) is 0 Å². The van der Waals surface area contributed by atoms with E-state index in [4.69, 9.17) is 25.8 Å². The van der Waals surface area contributed by atoms with E-state index in [0.717, 1.165) is 37.6 Å². The Morgan fingerprint density at radius 3 is 2.38 bits per heavy atom. The van der Waals surface area contributed by atoms with Crippen LogP contribution in [0.1, 0.15) is 32.7 Å². The van der Waals surface area contributed by atoms with Gasteiger partial charge < -0.3 is 29.3 Å². The molecule has 3 aromatic rings. The number of anilines is 3. The number of thiol groups is 1. The predicted molar refractivity (Wildman–Crippen MR) is 163 cm³/mol. The largest absolute Gasteiger partial charge is 0.497 e. The second kappa shape index (κ2) is 13.7. The third kappa shape index (κ3) is 6.95. The van der Waals surface area contributed by atoms with Gasteiger partial charge in [0.15, 0.2) is 0 Å². The van der Waals surface area contributed by atoms with Crippen LogP contribution in [0.4, 0.5) is 17.1 Å². The van der Waals surface area contributed by atoms with Gasteiger partial charge in [-0.05, 0) is 67.1 Å². The molecule has 0 atom stereocenters. The van der Waals surface area contributed by atoms with Crippen LogP contribution < -0.4 is 24.6 Å². The maximum Gasteiger partial charge on any atom is 0.340 e. The molecule has 0 unspecified atom stereocenters. The molecule has 1 aliphatic rings. The van der Waals surface area contributed by atoms with Crippen LogP contribution >= 0.6 is 24.2 Å². The smallest absolute Gasteiger partial charge is 0.340 e. The first kappa shape index (κ1) is 29.4. The van der Waals surface area contributed by atoms with E-state index in [1.165, 1.54) is 12.7 Å². The maximum atomic E-state index is 13.2. The highest BCUT2D eigenvalue weighted by Gasteiger charge is 2.23. The second-order valence-corrected chi connectivity index (χ2v) is 10.3. The van der Waals surface area contributed by atoms with E-state index in [2.05, 4.69) is 34.7 Å². The Kier molecular flexibility index (Phi) is 10.1. The first-order chi connectivity index (χ1) is 19.3. The van der Waals surface area contributed by atoms with E-state index >= 15 is 0 Å². The fourth-order valence-electron chi connectivity index (χ4n) is 4.62. The van der Waals surface area contributed by atoms with Crippen LogP contribution in [0.15, 0.2) is 54.6 Å². The molecule has 1 heterocycles. The van der Waals surface area contributed by atoms with Crippen molar-refractivity contribution >= 4 is 53.2 Å². The van der Waals surface area contributed by atoms with Gasteiger partial charge in [-0.2, -0.15) is 12.6 Å². The molecule has 212 valence electrons. The molecule has 1 aliphatic heterocycles. The summed E-state index contributed by atoms with van der Waals surface area (Å²) >= 11 is 10.4. The van der Waals surface area contributed by atoms with Crippen molar-refractivity contribution in [2.45, 2.75) is 13.3 Å². The van der Waals surface area contributed by atoms with Gasteiger partial charge in [0, 0.05) is 48.6 Å². The Morgan fingerprint density at radius 2 is 1.68 bits per heavy atom. The van der Waals surface area contributed by atoms with Crippen molar-refractivity contribution in [1.29, 1.82) is 0 Å². The molecular formula is C30H34ClN3O5S. The third-order valence-electron chi connectivity index (χ3n) is 6.82. The molecule has 3 aromatic carbocycles. The van der Waals surface area contributed by atoms with Gasteiger partial charge in [0.2, 0.25) is 0 Å². The fraction of sp³-hybridized carbons (Fsp3) is 0.333. The van der Waals surface area contributed by atoms with Gasteiger partial charge >= 0.3 is 5.97 Å². The average Bonchev–Trinajstić information content (AvgIpc) is 2.98. The number of hydrogen-bond acceptors (Lipinski definition) is 8. The average molecular weight is 584 g/mol. The number of piperazine rings is 1. The van der Waals surface area contributed by atoms with Crippen LogP contribution in [0, 0.1) is 6.92 Å². The molecule has 0 saturated carbocycles. The van der Waals surface area contributed by atoms with Crippen molar-refractivity contribution in [2.75, 3.05) is 67.9 Å². The molecule has 0 radical (unpaired) electrons. The van der Waals surface area contributed by atoms with E-state index in [9.17, 15) is 9.59 Å². The van der Waals surface area contributed by atoms with Crippen molar-refractivity contribution in [3.8, 4) is 11.5 Å². The minimum atomic E-state index is -0.506. The molecule has 10 heteroatoms. The predicted octanol–water partition coefficient (Wildman–Crippen LogP) is 5.72. The van der Waals surface area contributed by atoms with E-state index < -0.39 is 11.9 Å². The minimum Gasteiger partial charge on any atom is -0.497 e. The number of nitrogens with zero attached hydrogens (tertiary/aromatic N) is 2. The van der Waals surface area contributed by atoms with E-state index in [1.54, 1.807) is 37.4 Å². The molecule has 1 saturated heterocycles. The quantitative estimate of drug-likeness (QED) is 0.179. The number of carbonyl (C=O) groups is 2. The first-order valence-electron chi connectivity index (χ1n) is 13.1. The lowest BCUT2D eigenvalue weighted by Crippen LogP contribution is -2.46. The van der Waals surface area contributed by atoms with Gasteiger partial charge in [-0.3, -0.25) is 4.79 Å². The zero-order valence-corrected chi connectivity index (χ0v) is 24.6. The summed E-state index contributed by atoms with van der Waals surface area (Å²) in [5.41, 5.74) is 4.14. The third-order valence-corrected chi connectivity index (χ3v) is 7.37. The molecule has 0 bridgehead atoms. The van der Waals surface area contributed by atoms with Gasteiger partial charge in [-0.1, -0.05) is 17.7 Å². The van der Waals surface area contributed by atoms with E-state index in [0.29, 0.717) is 39.9 Å². The van der Waals surface area contributed by atoms with Gasteiger partial charge in [0.25, 0.3) is 5.91 Å². The topological polar surface area (TPSA) is 80.3 Å². The zero-order valence-electron chi connectivity index (χ0n) is 22.9. The Morgan fingerprint density at radius 1 is 0.925 bits per heavy atom. The molecule has 0 aromatic heterocycles. The van der Waals surface area contributed by atoms with Gasteiger partial charge in [0.1, 0.15) is 11.5 Å². The summed E-state index contributed by atoms with van der Waals surface area (Å²) in [7, 11) is 3.03. The molecular weight excluding hydrogens is 550 g/mol. The number of aryl methyl sites for hydroxylation is 1. The number of nitrogens with one attached hydrogen (secondary N) is 1. The van der Waals surface area contributed by atoms with Gasteiger partial charge in [-0.25, -0.2) is 4.79 Å². The van der Waals surface area contributed by atoms with E-state index in [-0.39, 0.29) is 12.2 Å². The summed E-state index contributed by atoms with van der Waals surface area (Å²) in [6.45, 7) is 5.45. The highest BCUT2D eigenvalue weighted by molar-refractivity contribution is 7.80. The molecule has 0 spiro atoms. The molecule has 1 N–H and O–H groups in total. The van der Waals surface area contributed by atoms with Crippen LogP contribution in [-0.4, -0.2) is 64.6 Å². The second-order valence-electron chi connectivity index (χ2n) is 9.37. The molecule has 4 rings (SSSR count). The molecule has 8 nitrogen and oxygen atoms in total. The number of carbonyl (C=O) groups excluding carboxylic acids is 2. The summed E-state index contributed by atoms with van der Waals surface area (Å²) in [5.74, 6) is 0.608. The first-order valence-corrected chi connectivity index (χ1v) is 14.1. The van der Waals surface area contributed by atoms with Crippen molar-refractivity contribution in [3.05, 3.63) is 76.3 Å². The van der Waals surface area contributed by atoms with Crippen LogP contribution in [0.5, 0.6) is 11.5 Å². The van der Waals surface area contributed by atoms with Crippen molar-refractivity contribution < 1.29 is 23.8 Å². The Hall–Kier alpha value is -3.56. The van der Waals surface area contributed by atoms with Gasteiger partial charge in [0.05, 0.1) is 37.6 Å². The van der Waals surface area contributed by atoms with Crippen LogP contribution in [0.3, 0.4) is 0 Å². The highest BCUT2D eigenvalue weighted by Crippen LogP contribution is 2.30. The summed E-state index contributed by atoms with van der Waals surface area (Å²) in [6, 6.07) is 16.3. The number of amides is 1. The number of benzene rings is 3. The molecule has 1 amide bonds. The fourth-order valence-corrected chi connectivity index (χ4v) is 4.91. The molecule has 1 fully saturated rings. The number of esters is 1. The summed E-state index contributed by atoms with van der Waals surface area (Å²) in [5, 5.41) is 3.58. The van der Waals surface area contributed by atoms with Crippen molar-refractivity contribution in [1.82, 2.24) is 0 Å². The SMILES string of the molecule is COc1ccc(C(=O)Nc2ccc(N3CCN(c4cc(Cl)ccc4C)CC3)cc2C(=O)OCCCS)c(OC)c1. The van der Waals surface area contributed by atoms with Crippen LogP contribution in [-0.2, 0) is 4.74 Å².